The molecule has 0 N–H and O–H groups in total. The van der Waals surface area contributed by atoms with Crippen molar-refractivity contribution in [3.8, 4) is 0 Å². The lowest BCUT2D eigenvalue weighted by molar-refractivity contribution is 0.497. The molecule has 0 aliphatic rings. The van der Waals surface area contributed by atoms with Gasteiger partial charge in [0.25, 0.3) is 0 Å². The smallest absolute Gasteiger partial charge is 0.135 e. The zero-order valence-electron chi connectivity index (χ0n) is 25.7. The van der Waals surface area contributed by atoms with Crippen molar-refractivity contribution in [3.63, 3.8) is 0 Å². The van der Waals surface area contributed by atoms with Gasteiger partial charge in [0.05, 0.1) is 6.20 Å². The van der Waals surface area contributed by atoms with Gasteiger partial charge in [-0.3, -0.25) is 4.68 Å². The van der Waals surface area contributed by atoms with Crippen molar-refractivity contribution in [2.75, 3.05) is 0 Å². The minimum absolute atomic E-state index is 0.452. The normalized spacial score (nSPS) is 11.6. The maximum atomic E-state index is 4.35. The van der Waals surface area contributed by atoms with Crippen LogP contribution < -0.4 is 0 Å². The Morgan fingerprint density at radius 3 is 1.47 bits per heavy atom. The molecule has 0 aliphatic heterocycles. The number of imidazole rings is 1. The predicted octanol–water partition coefficient (Wildman–Crippen LogP) is 8.08. The zero-order chi connectivity index (χ0) is 27.9. The van der Waals surface area contributed by atoms with Gasteiger partial charge < -0.3 is 9.13 Å². The largest absolute Gasteiger partial charge is 0.330 e. The lowest BCUT2D eigenvalue weighted by Gasteiger charge is -2.15. The minimum Gasteiger partial charge on any atom is -0.330 e. The lowest BCUT2D eigenvalue weighted by atomic mass is 10.1. The van der Waals surface area contributed by atoms with E-state index in [1.54, 1.807) is 0 Å². The van der Waals surface area contributed by atoms with Crippen LogP contribution in [0.3, 0.4) is 0 Å². The molecule has 204 valence electrons. The fourth-order valence-corrected chi connectivity index (χ4v) is 4.58. The molecule has 0 atom stereocenters. The molecule has 0 saturated heterocycles. The highest BCUT2D eigenvalue weighted by atomic mass is 15.3. The average Bonchev–Trinajstić information content (AvgIpc) is 3.44. The average molecular weight is 500 g/mol. The van der Waals surface area contributed by atoms with E-state index in [4.69, 9.17) is 0 Å². The summed E-state index contributed by atoms with van der Waals surface area (Å²) < 4.78 is 6.59. The molecule has 0 saturated carbocycles. The summed E-state index contributed by atoms with van der Waals surface area (Å²) in [6, 6.07) is 1.44. The van der Waals surface area contributed by atoms with Crippen LogP contribution in [0.25, 0.3) is 0 Å². The van der Waals surface area contributed by atoms with Crippen molar-refractivity contribution >= 4 is 0 Å². The molecular formula is C29H53N7. The molecule has 7 heteroatoms. The molecule has 0 bridgehead atoms. The zero-order valence-corrected chi connectivity index (χ0v) is 25.7. The van der Waals surface area contributed by atoms with E-state index in [2.05, 4.69) is 131 Å². The maximum absolute atomic E-state index is 4.35. The van der Waals surface area contributed by atoms with Crippen LogP contribution in [0, 0.1) is 20.8 Å². The van der Waals surface area contributed by atoms with Crippen molar-refractivity contribution < 1.29 is 0 Å². The van der Waals surface area contributed by atoms with Crippen molar-refractivity contribution in [1.82, 2.24) is 34.1 Å². The van der Waals surface area contributed by atoms with E-state index in [-0.39, 0.29) is 0 Å². The number of aromatic nitrogens is 7. The Balaban J connectivity index is 0.000000270. The van der Waals surface area contributed by atoms with Gasteiger partial charge in [0, 0.05) is 41.6 Å². The van der Waals surface area contributed by atoms with Crippen LogP contribution in [-0.4, -0.2) is 34.1 Å². The molecule has 3 aromatic rings. The molecule has 0 unspecified atom stereocenters. The molecule has 7 nitrogen and oxygen atoms in total. The van der Waals surface area contributed by atoms with Gasteiger partial charge in [-0.1, -0.05) is 41.5 Å². The second-order valence-corrected chi connectivity index (χ2v) is 11.5. The van der Waals surface area contributed by atoms with Crippen LogP contribution >= 0.6 is 0 Å². The lowest BCUT2D eigenvalue weighted by Crippen LogP contribution is -2.09. The van der Waals surface area contributed by atoms with Crippen molar-refractivity contribution in [3.05, 3.63) is 46.8 Å². The van der Waals surface area contributed by atoms with Crippen LogP contribution in [0.1, 0.15) is 153 Å². The second-order valence-electron chi connectivity index (χ2n) is 11.5. The second kappa shape index (κ2) is 13.8. The van der Waals surface area contributed by atoms with Gasteiger partial charge in [0.2, 0.25) is 0 Å². The number of nitrogens with zero attached hydrogens (tertiary/aromatic N) is 7. The first-order valence-corrected chi connectivity index (χ1v) is 13.6. The van der Waals surface area contributed by atoms with E-state index in [0.29, 0.717) is 35.9 Å². The summed E-state index contributed by atoms with van der Waals surface area (Å²) in [5, 5.41) is 12.6. The predicted molar refractivity (Wildman–Crippen MR) is 152 cm³/mol. The third-order valence-electron chi connectivity index (χ3n) is 6.11. The molecule has 0 fully saturated rings. The third kappa shape index (κ3) is 8.04. The SMILES string of the molecule is Cc1cnn(C(C)C)c1C(C)C.Cc1ncc(C(C)C)n1C(C)C.Cc1nnc(C(C)C)n1C(C)C. The standard InChI is InChI=1S/2C10H18N2.C9H17N3/c1-7(2)10-6-11-9(5)12(10)8(3)4;1-7(2)10-9(5)6-11-12(10)8(3)4;1-6(2)9-11-10-8(5)12(9)7(3)4/h2*6-8H,1-5H3;6-7H,1-5H3. The number of hydrogen-bond donors (Lipinski definition) is 0. The van der Waals surface area contributed by atoms with Crippen molar-refractivity contribution in [2.45, 2.75) is 140 Å². The summed E-state index contributed by atoms with van der Waals surface area (Å²) in [5.74, 6) is 4.79. The molecular weight excluding hydrogens is 446 g/mol. The van der Waals surface area contributed by atoms with Gasteiger partial charge in [-0.2, -0.15) is 5.10 Å². The Labute approximate surface area is 220 Å². The Morgan fingerprint density at radius 2 is 1.14 bits per heavy atom. The Kier molecular flexibility index (Phi) is 12.1. The Morgan fingerprint density at radius 1 is 0.583 bits per heavy atom. The van der Waals surface area contributed by atoms with Gasteiger partial charge in [0.15, 0.2) is 0 Å². The first-order valence-electron chi connectivity index (χ1n) is 13.6. The van der Waals surface area contributed by atoms with Crippen LogP contribution in [0.5, 0.6) is 0 Å². The summed E-state index contributed by atoms with van der Waals surface area (Å²) >= 11 is 0. The minimum atomic E-state index is 0.452. The van der Waals surface area contributed by atoms with E-state index in [0.717, 1.165) is 17.5 Å². The third-order valence-corrected chi connectivity index (χ3v) is 6.11. The topological polar surface area (TPSA) is 66.3 Å². The van der Waals surface area contributed by atoms with Crippen molar-refractivity contribution in [1.29, 1.82) is 0 Å². The molecule has 3 aromatic heterocycles. The monoisotopic (exact) mass is 499 g/mol. The molecule has 0 spiro atoms. The summed E-state index contributed by atoms with van der Waals surface area (Å²) in [7, 11) is 0. The highest BCUT2D eigenvalue weighted by Gasteiger charge is 2.14. The van der Waals surface area contributed by atoms with E-state index in [9.17, 15) is 0 Å². The number of rotatable bonds is 6. The fraction of sp³-hybridized carbons (Fsp3) is 0.724. The molecule has 3 rings (SSSR count). The van der Waals surface area contributed by atoms with Gasteiger partial charge in [-0.25, -0.2) is 4.98 Å². The Bertz CT molecular complexity index is 912. The maximum Gasteiger partial charge on any atom is 0.135 e. The summed E-state index contributed by atoms with van der Waals surface area (Å²) in [6.45, 7) is 32.3. The quantitative estimate of drug-likeness (QED) is 0.344. The molecule has 3 heterocycles. The van der Waals surface area contributed by atoms with Crippen LogP contribution in [-0.2, 0) is 0 Å². The van der Waals surface area contributed by atoms with Gasteiger partial charge in [-0.15, -0.1) is 10.2 Å². The molecule has 36 heavy (non-hydrogen) atoms. The van der Waals surface area contributed by atoms with Gasteiger partial charge in [0.1, 0.15) is 17.5 Å². The number of hydrogen-bond acceptors (Lipinski definition) is 4. The summed E-state index contributed by atoms with van der Waals surface area (Å²) in [6.07, 6.45) is 3.94. The molecule has 0 radical (unpaired) electrons. The van der Waals surface area contributed by atoms with Gasteiger partial charge >= 0.3 is 0 Å². The fourth-order valence-electron chi connectivity index (χ4n) is 4.58. The van der Waals surface area contributed by atoms with Gasteiger partial charge in [-0.05, 0) is 79.7 Å². The molecule has 0 amide bonds. The van der Waals surface area contributed by atoms with E-state index < -0.39 is 0 Å². The Hall–Kier alpha value is -2.44. The summed E-state index contributed by atoms with van der Waals surface area (Å²) in [5.41, 5.74) is 4.01. The van der Waals surface area contributed by atoms with E-state index in [1.165, 1.54) is 17.0 Å². The number of aryl methyl sites for hydroxylation is 3. The first-order chi connectivity index (χ1) is 16.6. The highest BCUT2D eigenvalue weighted by Crippen LogP contribution is 2.22. The van der Waals surface area contributed by atoms with Crippen LogP contribution in [0.4, 0.5) is 0 Å². The van der Waals surface area contributed by atoms with Crippen LogP contribution in [0.15, 0.2) is 12.4 Å². The molecule has 0 aliphatic carbocycles. The highest BCUT2D eigenvalue weighted by molar-refractivity contribution is 5.19. The van der Waals surface area contributed by atoms with Crippen LogP contribution in [0.2, 0.25) is 0 Å². The van der Waals surface area contributed by atoms with Crippen molar-refractivity contribution in [2.24, 2.45) is 0 Å². The summed E-state index contributed by atoms with van der Waals surface area (Å²) in [4.78, 5) is 4.32. The van der Waals surface area contributed by atoms with E-state index in [1.807, 2.05) is 19.3 Å². The van der Waals surface area contributed by atoms with E-state index >= 15 is 0 Å². The first kappa shape index (κ1) is 31.6. The molecule has 0 aromatic carbocycles.